The van der Waals surface area contributed by atoms with Gasteiger partial charge in [0.1, 0.15) is 17.4 Å². The number of nitrogens with zero attached hydrogens (tertiary/aromatic N) is 1. The van der Waals surface area contributed by atoms with Crippen LogP contribution in [0.15, 0.2) is 28.7 Å². The van der Waals surface area contributed by atoms with Crippen LogP contribution in [0.5, 0.6) is 11.5 Å². The molecule has 0 radical (unpaired) electrons. The number of hydrogen-bond acceptors (Lipinski definition) is 5. The zero-order valence-corrected chi connectivity index (χ0v) is 14.7. The van der Waals surface area contributed by atoms with E-state index in [1.165, 1.54) is 6.08 Å². The maximum absolute atomic E-state index is 12.1. The molecule has 1 heterocycles. The summed E-state index contributed by atoms with van der Waals surface area (Å²) in [5, 5.41) is 11.7. The predicted molar refractivity (Wildman–Crippen MR) is 94.7 cm³/mol. The highest BCUT2D eigenvalue weighted by atomic mass is 16.5. The van der Waals surface area contributed by atoms with Crippen LogP contribution in [-0.2, 0) is 4.79 Å². The van der Waals surface area contributed by atoms with Gasteiger partial charge in [-0.1, -0.05) is 6.07 Å². The minimum absolute atomic E-state index is 0.163. The topological polar surface area (TPSA) is 84.5 Å². The van der Waals surface area contributed by atoms with E-state index in [0.717, 1.165) is 11.1 Å². The molecule has 130 valence electrons. The summed E-state index contributed by atoms with van der Waals surface area (Å²) in [6, 6.07) is 7.41. The molecule has 25 heavy (non-hydrogen) atoms. The number of furan rings is 1. The van der Waals surface area contributed by atoms with Crippen molar-refractivity contribution < 1.29 is 18.7 Å². The van der Waals surface area contributed by atoms with Crippen LogP contribution in [0.2, 0.25) is 0 Å². The molecule has 1 aromatic heterocycles. The summed E-state index contributed by atoms with van der Waals surface area (Å²) in [5.41, 5.74) is 1.84. The maximum atomic E-state index is 12.1. The predicted octanol–water partition coefficient (Wildman–Crippen LogP) is 3.83. The molecule has 6 heteroatoms. The van der Waals surface area contributed by atoms with Crippen molar-refractivity contribution in [1.82, 2.24) is 0 Å². The second-order valence-electron chi connectivity index (χ2n) is 5.27. The maximum Gasteiger partial charge on any atom is 0.250 e. The van der Waals surface area contributed by atoms with Crippen LogP contribution in [0.3, 0.4) is 0 Å². The molecular weight excluding hydrogens is 320 g/mol. The minimum atomic E-state index is -0.391. The summed E-state index contributed by atoms with van der Waals surface area (Å²) in [6.07, 6.45) is 3.01. The standard InChI is InChI=1S/C19H20N2O4/c1-5-24-16-8-6-14(10-17(16)23-4)7-9-18(22)21-19-15(11-20)12(2)13(3)25-19/h6-10H,5H2,1-4H3,(H,21,22)/b9-7+. The molecule has 2 rings (SSSR count). The molecule has 0 saturated carbocycles. The Morgan fingerprint density at radius 2 is 2.12 bits per heavy atom. The van der Waals surface area contributed by atoms with Gasteiger partial charge >= 0.3 is 0 Å². The summed E-state index contributed by atoms with van der Waals surface area (Å²) in [5.74, 6) is 1.61. The fourth-order valence-corrected chi connectivity index (χ4v) is 2.24. The zero-order chi connectivity index (χ0) is 18.4. The first kappa shape index (κ1) is 18.1. The lowest BCUT2D eigenvalue weighted by Gasteiger charge is -2.09. The fourth-order valence-electron chi connectivity index (χ4n) is 2.24. The van der Waals surface area contributed by atoms with Crippen LogP contribution in [-0.4, -0.2) is 19.6 Å². The summed E-state index contributed by atoms with van der Waals surface area (Å²) >= 11 is 0. The monoisotopic (exact) mass is 340 g/mol. The molecule has 0 saturated heterocycles. The van der Waals surface area contributed by atoms with E-state index in [0.29, 0.717) is 29.4 Å². The van der Waals surface area contributed by atoms with Crippen molar-refractivity contribution in [2.45, 2.75) is 20.8 Å². The average Bonchev–Trinajstić information content (AvgIpc) is 2.87. The number of carbonyl (C=O) groups excluding carboxylic acids is 1. The number of aryl methyl sites for hydroxylation is 1. The Balaban J connectivity index is 2.13. The van der Waals surface area contributed by atoms with E-state index >= 15 is 0 Å². The van der Waals surface area contributed by atoms with Crippen LogP contribution in [0, 0.1) is 25.2 Å². The molecular formula is C19H20N2O4. The average molecular weight is 340 g/mol. The van der Waals surface area contributed by atoms with Gasteiger partial charge in [0.05, 0.1) is 13.7 Å². The molecule has 6 nitrogen and oxygen atoms in total. The Morgan fingerprint density at radius 3 is 2.76 bits per heavy atom. The number of amides is 1. The van der Waals surface area contributed by atoms with E-state index in [4.69, 9.17) is 19.2 Å². The summed E-state index contributed by atoms with van der Waals surface area (Å²) in [6.45, 7) is 5.95. The number of methoxy groups -OCH3 is 1. The lowest BCUT2D eigenvalue weighted by molar-refractivity contribution is -0.111. The van der Waals surface area contributed by atoms with Crippen molar-refractivity contribution in [2.24, 2.45) is 0 Å². The number of nitriles is 1. The number of carbonyl (C=O) groups is 1. The van der Waals surface area contributed by atoms with Gasteiger partial charge in [-0.15, -0.1) is 0 Å². The van der Waals surface area contributed by atoms with Crippen LogP contribution in [0.1, 0.15) is 29.4 Å². The normalized spacial score (nSPS) is 10.5. The van der Waals surface area contributed by atoms with E-state index in [2.05, 4.69) is 5.32 Å². The first-order valence-electron chi connectivity index (χ1n) is 7.80. The van der Waals surface area contributed by atoms with Gasteiger partial charge in [-0.2, -0.15) is 5.26 Å². The van der Waals surface area contributed by atoms with Gasteiger partial charge < -0.3 is 13.9 Å². The lowest BCUT2D eigenvalue weighted by Crippen LogP contribution is -2.08. The van der Waals surface area contributed by atoms with Gasteiger partial charge in [-0.25, -0.2) is 0 Å². The summed E-state index contributed by atoms with van der Waals surface area (Å²) in [4.78, 5) is 12.1. The van der Waals surface area contributed by atoms with Gasteiger partial charge in [-0.05, 0) is 44.5 Å². The quantitative estimate of drug-likeness (QED) is 0.808. The molecule has 1 amide bonds. The Hall–Kier alpha value is -3.20. The van der Waals surface area contributed by atoms with Crippen LogP contribution >= 0.6 is 0 Å². The molecule has 1 aromatic carbocycles. The van der Waals surface area contributed by atoms with Crippen LogP contribution in [0.25, 0.3) is 6.08 Å². The number of benzene rings is 1. The SMILES string of the molecule is CCOc1ccc(/C=C/C(=O)Nc2oc(C)c(C)c2C#N)cc1OC. The highest BCUT2D eigenvalue weighted by Gasteiger charge is 2.15. The van der Waals surface area contributed by atoms with Crippen LogP contribution < -0.4 is 14.8 Å². The summed E-state index contributed by atoms with van der Waals surface area (Å²) in [7, 11) is 1.56. The third-order valence-corrected chi connectivity index (χ3v) is 3.65. The Kier molecular flexibility index (Phi) is 5.85. The van der Waals surface area contributed by atoms with Crippen molar-refractivity contribution >= 4 is 17.9 Å². The zero-order valence-electron chi connectivity index (χ0n) is 14.7. The van der Waals surface area contributed by atoms with Crippen molar-refractivity contribution in [3.8, 4) is 17.6 Å². The molecule has 0 bridgehead atoms. The fraction of sp³-hybridized carbons (Fsp3) is 0.263. The highest BCUT2D eigenvalue weighted by molar-refractivity contribution is 6.02. The molecule has 2 aromatic rings. The van der Waals surface area contributed by atoms with Crippen molar-refractivity contribution in [3.05, 3.63) is 46.7 Å². The van der Waals surface area contributed by atoms with Crippen molar-refractivity contribution in [1.29, 1.82) is 5.26 Å². The van der Waals surface area contributed by atoms with E-state index in [-0.39, 0.29) is 5.88 Å². The number of ether oxygens (including phenoxy) is 2. The number of hydrogen-bond donors (Lipinski definition) is 1. The van der Waals surface area contributed by atoms with Crippen molar-refractivity contribution in [2.75, 3.05) is 19.0 Å². The lowest BCUT2D eigenvalue weighted by atomic mass is 10.2. The van der Waals surface area contributed by atoms with Gasteiger partial charge in [0.25, 0.3) is 5.91 Å². The van der Waals surface area contributed by atoms with Crippen LogP contribution in [0.4, 0.5) is 5.88 Å². The molecule has 1 N–H and O–H groups in total. The minimum Gasteiger partial charge on any atom is -0.493 e. The second-order valence-corrected chi connectivity index (χ2v) is 5.27. The van der Waals surface area contributed by atoms with E-state index in [9.17, 15) is 4.79 Å². The van der Waals surface area contributed by atoms with Gasteiger partial charge in [0.15, 0.2) is 11.5 Å². The highest BCUT2D eigenvalue weighted by Crippen LogP contribution is 2.28. The Morgan fingerprint density at radius 1 is 1.36 bits per heavy atom. The number of rotatable bonds is 6. The first-order chi connectivity index (χ1) is 12.0. The third kappa shape index (κ3) is 4.21. The second kappa shape index (κ2) is 8.06. The molecule has 0 aliphatic rings. The Labute approximate surface area is 146 Å². The number of nitrogens with one attached hydrogen (secondary N) is 1. The molecule has 0 aliphatic heterocycles. The smallest absolute Gasteiger partial charge is 0.250 e. The molecule has 0 spiro atoms. The molecule has 0 atom stereocenters. The third-order valence-electron chi connectivity index (χ3n) is 3.65. The van der Waals surface area contributed by atoms with Gasteiger partial charge in [0, 0.05) is 11.6 Å². The van der Waals surface area contributed by atoms with E-state index in [1.54, 1.807) is 39.2 Å². The Bertz CT molecular complexity index is 844. The molecule has 0 unspecified atom stereocenters. The largest absolute Gasteiger partial charge is 0.493 e. The van der Waals surface area contributed by atoms with Gasteiger partial charge in [-0.3, -0.25) is 10.1 Å². The summed E-state index contributed by atoms with van der Waals surface area (Å²) < 4.78 is 16.1. The van der Waals surface area contributed by atoms with E-state index < -0.39 is 5.91 Å². The van der Waals surface area contributed by atoms with Gasteiger partial charge in [0.2, 0.25) is 5.88 Å². The first-order valence-corrected chi connectivity index (χ1v) is 7.80. The van der Waals surface area contributed by atoms with E-state index in [1.807, 2.05) is 19.1 Å². The number of anilines is 1. The molecule has 0 fully saturated rings. The molecule has 0 aliphatic carbocycles. The van der Waals surface area contributed by atoms with Crippen molar-refractivity contribution in [3.63, 3.8) is 0 Å².